The number of benzene rings is 4. The van der Waals surface area contributed by atoms with Gasteiger partial charge in [0.1, 0.15) is 24.4 Å². The molecule has 5 rings (SSSR count). The lowest BCUT2D eigenvalue weighted by atomic mass is 9.97. The Morgan fingerprint density at radius 1 is 0.500 bits per heavy atom. The van der Waals surface area contributed by atoms with E-state index < -0.39 is 36.3 Å². The van der Waals surface area contributed by atoms with Crippen molar-refractivity contribution < 1.29 is 28.4 Å². The van der Waals surface area contributed by atoms with Crippen LogP contribution in [0.4, 0.5) is 0 Å². The van der Waals surface area contributed by atoms with Crippen LogP contribution in [0, 0.1) is 0 Å². The summed E-state index contributed by atoms with van der Waals surface area (Å²) in [7, 11) is 0. The number of ether oxygens (including phenoxy) is 6. The molecule has 5 atom stereocenters. The van der Waals surface area contributed by atoms with Crippen molar-refractivity contribution in [1.82, 2.24) is 0 Å². The van der Waals surface area contributed by atoms with Crippen LogP contribution in [0.25, 0.3) is 0 Å². The van der Waals surface area contributed by atoms with Crippen LogP contribution in [-0.2, 0) is 54.8 Å². The van der Waals surface area contributed by atoms with E-state index in [1.54, 1.807) is 0 Å². The van der Waals surface area contributed by atoms with Crippen molar-refractivity contribution in [2.75, 3.05) is 6.61 Å². The molecule has 1 unspecified atom stereocenters. The van der Waals surface area contributed by atoms with Crippen molar-refractivity contribution in [1.29, 1.82) is 0 Å². The fourth-order valence-electron chi connectivity index (χ4n) is 5.19. The quantitative estimate of drug-likeness (QED) is 0.150. The number of rotatable bonds is 14. The molecule has 4 aromatic carbocycles. The van der Waals surface area contributed by atoms with Crippen molar-refractivity contribution in [3.63, 3.8) is 0 Å². The van der Waals surface area contributed by atoms with Gasteiger partial charge in [0, 0.05) is 0 Å². The maximum absolute atomic E-state index is 6.75. The first kappa shape index (κ1) is 32.0. The number of hydrogen-bond acceptors (Lipinski definition) is 6. The molecular formula is C38H44O6. The van der Waals surface area contributed by atoms with Crippen LogP contribution < -0.4 is 0 Å². The third kappa shape index (κ3) is 9.83. The van der Waals surface area contributed by atoms with Gasteiger partial charge >= 0.3 is 0 Å². The Balaban J connectivity index is 1.44. The van der Waals surface area contributed by atoms with E-state index in [4.69, 9.17) is 28.4 Å². The van der Waals surface area contributed by atoms with Gasteiger partial charge in [-0.1, -0.05) is 121 Å². The van der Waals surface area contributed by atoms with E-state index in [9.17, 15) is 0 Å². The molecule has 1 fully saturated rings. The standard InChI is InChI=1S/C38H44O6/c1-38(2,3)44-37-36(42-27-32-22-14-7-15-23-32)35(41-26-31-20-12-6-13-21-31)34(40-25-30-18-10-5-11-19-30)33(43-37)28-39-24-29-16-8-4-9-17-29/h4-23,33-37H,24-28H2,1-3H3/t33-,34-,35+,36-,37?/m1/s1. The largest absolute Gasteiger partial charge is 0.374 e. The smallest absolute Gasteiger partial charge is 0.187 e. The van der Waals surface area contributed by atoms with Crippen molar-refractivity contribution in [3.05, 3.63) is 144 Å². The van der Waals surface area contributed by atoms with Crippen LogP contribution in [0.3, 0.4) is 0 Å². The van der Waals surface area contributed by atoms with Crippen LogP contribution in [0.1, 0.15) is 43.0 Å². The lowest BCUT2D eigenvalue weighted by Crippen LogP contribution is -2.62. The summed E-state index contributed by atoms with van der Waals surface area (Å²) in [6, 6.07) is 40.5. The second kappa shape index (κ2) is 16.1. The molecule has 0 saturated carbocycles. The topological polar surface area (TPSA) is 55.4 Å². The molecular weight excluding hydrogens is 552 g/mol. The van der Waals surface area contributed by atoms with Crippen LogP contribution in [0.15, 0.2) is 121 Å². The molecule has 0 aromatic heterocycles. The van der Waals surface area contributed by atoms with Crippen molar-refractivity contribution in [3.8, 4) is 0 Å². The summed E-state index contributed by atoms with van der Waals surface area (Å²) < 4.78 is 39.5. The van der Waals surface area contributed by atoms with Gasteiger partial charge in [-0.15, -0.1) is 0 Å². The molecule has 0 bridgehead atoms. The van der Waals surface area contributed by atoms with E-state index in [-0.39, 0.29) is 0 Å². The molecule has 0 radical (unpaired) electrons. The third-order valence-corrected chi connectivity index (χ3v) is 7.31. The summed E-state index contributed by atoms with van der Waals surface area (Å²) in [5.41, 5.74) is 3.78. The molecule has 1 saturated heterocycles. The average molecular weight is 597 g/mol. The minimum absolute atomic E-state index is 0.301. The maximum atomic E-state index is 6.75. The summed E-state index contributed by atoms with van der Waals surface area (Å²) in [4.78, 5) is 0. The lowest BCUT2D eigenvalue weighted by Gasteiger charge is -2.47. The Morgan fingerprint density at radius 2 is 0.886 bits per heavy atom. The van der Waals surface area contributed by atoms with Gasteiger partial charge in [0.25, 0.3) is 0 Å². The van der Waals surface area contributed by atoms with Gasteiger partial charge in [0.05, 0.1) is 38.6 Å². The number of hydrogen-bond donors (Lipinski definition) is 0. The first-order valence-corrected chi connectivity index (χ1v) is 15.4. The van der Waals surface area contributed by atoms with Crippen molar-refractivity contribution >= 4 is 0 Å². The molecule has 44 heavy (non-hydrogen) atoms. The Morgan fingerprint density at radius 3 is 1.32 bits per heavy atom. The predicted molar refractivity (Wildman–Crippen MR) is 171 cm³/mol. The highest BCUT2D eigenvalue weighted by molar-refractivity contribution is 5.16. The summed E-state index contributed by atoms with van der Waals surface area (Å²) in [6.45, 7) is 7.98. The summed E-state index contributed by atoms with van der Waals surface area (Å²) in [5.74, 6) is 0. The second-order valence-corrected chi connectivity index (χ2v) is 12.1. The first-order valence-electron chi connectivity index (χ1n) is 15.4. The first-order chi connectivity index (χ1) is 21.4. The summed E-state index contributed by atoms with van der Waals surface area (Å²) >= 11 is 0. The highest BCUT2D eigenvalue weighted by Crippen LogP contribution is 2.33. The van der Waals surface area contributed by atoms with E-state index in [1.165, 1.54) is 0 Å². The Kier molecular flexibility index (Phi) is 11.7. The zero-order valence-electron chi connectivity index (χ0n) is 25.9. The normalized spacial score (nSPS) is 22.1. The van der Waals surface area contributed by atoms with Gasteiger partial charge in [-0.3, -0.25) is 0 Å². The van der Waals surface area contributed by atoms with Gasteiger partial charge in [0.2, 0.25) is 0 Å². The van der Waals surface area contributed by atoms with Gasteiger partial charge in [-0.05, 0) is 43.0 Å². The van der Waals surface area contributed by atoms with Crippen LogP contribution in [0.2, 0.25) is 0 Å². The zero-order chi connectivity index (χ0) is 30.6. The maximum Gasteiger partial charge on any atom is 0.187 e. The highest BCUT2D eigenvalue weighted by atomic mass is 16.7. The molecule has 0 N–H and O–H groups in total. The molecule has 4 aromatic rings. The fourth-order valence-corrected chi connectivity index (χ4v) is 5.19. The van der Waals surface area contributed by atoms with E-state index >= 15 is 0 Å². The third-order valence-electron chi connectivity index (χ3n) is 7.31. The molecule has 1 aliphatic heterocycles. The fraction of sp³-hybridized carbons (Fsp3) is 0.368. The molecule has 6 nitrogen and oxygen atoms in total. The molecule has 232 valence electrons. The van der Waals surface area contributed by atoms with Gasteiger partial charge in [-0.2, -0.15) is 0 Å². The molecule has 0 amide bonds. The van der Waals surface area contributed by atoms with Crippen molar-refractivity contribution in [2.45, 2.75) is 83.5 Å². The average Bonchev–Trinajstić information content (AvgIpc) is 3.04. The Labute approximate surface area is 261 Å². The van der Waals surface area contributed by atoms with Crippen LogP contribution in [0.5, 0.6) is 0 Å². The molecule has 0 aliphatic carbocycles. The van der Waals surface area contributed by atoms with Crippen LogP contribution >= 0.6 is 0 Å². The van der Waals surface area contributed by atoms with Gasteiger partial charge in [0.15, 0.2) is 6.29 Å². The second-order valence-electron chi connectivity index (χ2n) is 12.1. The van der Waals surface area contributed by atoms with Gasteiger partial charge in [-0.25, -0.2) is 0 Å². The van der Waals surface area contributed by atoms with E-state index in [0.29, 0.717) is 33.0 Å². The SMILES string of the molecule is CC(C)(C)OC1O[C@H](COCc2ccccc2)[C@@H](OCc2ccccc2)[C@H](OCc2ccccc2)[C@H]1OCc1ccccc1. The predicted octanol–water partition coefficient (Wildman–Crippen LogP) is 7.50. The van der Waals surface area contributed by atoms with E-state index in [1.807, 2.05) is 106 Å². The minimum atomic E-state index is -0.707. The summed E-state index contributed by atoms with van der Waals surface area (Å²) in [6.07, 6.45) is -2.73. The molecule has 6 heteroatoms. The minimum Gasteiger partial charge on any atom is -0.374 e. The highest BCUT2D eigenvalue weighted by Gasteiger charge is 2.50. The van der Waals surface area contributed by atoms with Crippen molar-refractivity contribution in [2.24, 2.45) is 0 Å². The molecule has 0 spiro atoms. The molecule has 1 heterocycles. The molecule has 1 aliphatic rings. The zero-order valence-corrected chi connectivity index (χ0v) is 25.9. The van der Waals surface area contributed by atoms with E-state index in [2.05, 4.69) is 36.4 Å². The van der Waals surface area contributed by atoms with E-state index in [0.717, 1.165) is 22.3 Å². The lowest BCUT2D eigenvalue weighted by molar-refractivity contribution is -0.344. The Bertz CT molecular complexity index is 1340. The monoisotopic (exact) mass is 596 g/mol. The Hall–Kier alpha value is -3.36. The summed E-state index contributed by atoms with van der Waals surface area (Å²) in [5, 5.41) is 0. The van der Waals surface area contributed by atoms with Crippen LogP contribution in [-0.4, -0.2) is 42.9 Å². The van der Waals surface area contributed by atoms with Gasteiger partial charge < -0.3 is 28.4 Å².